The van der Waals surface area contributed by atoms with Crippen LogP contribution in [0.4, 0.5) is 0 Å². The van der Waals surface area contributed by atoms with E-state index >= 15 is 0 Å². The third-order valence-corrected chi connectivity index (χ3v) is 9.16. The molecule has 0 N–H and O–H groups in total. The molecule has 0 aliphatic heterocycles. The molecule has 4 aromatic heterocycles. The van der Waals surface area contributed by atoms with Gasteiger partial charge >= 0.3 is 0 Å². The Labute approximate surface area is 222 Å². The number of benzene rings is 5. The number of para-hydroxylation sites is 1. The molecular formula is C35H20N2S. The van der Waals surface area contributed by atoms with Gasteiger partial charge < -0.3 is 4.40 Å². The number of aromatic nitrogens is 2. The Balaban J connectivity index is 1.51. The van der Waals surface area contributed by atoms with E-state index in [9.17, 15) is 0 Å². The molecule has 9 rings (SSSR count). The number of nitrogens with zero attached hydrogens (tertiary/aromatic N) is 2. The second-order valence-electron chi connectivity index (χ2n) is 9.97. The number of thiophene rings is 1. The second-order valence-corrected chi connectivity index (χ2v) is 11.0. The fraction of sp³-hybridized carbons (Fsp3) is 0. The molecule has 0 aliphatic rings. The molecule has 0 radical (unpaired) electrons. The lowest BCUT2D eigenvalue weighted by Crippen LogP contribution is -1.83. The minimum Gasteiger partial charge on any atom is -0.308 e. The highest BCUT2D eigenvalue weighted by molar-refractivity contribution is 7.27. The summed E-state index contributed by atoms with van der Waals surface area (Å²) < 4.78 is 5.17. The minimum atomic E-state index is 1.00. The molecule has 0 saturated heterocycles. The van der Waals surface area contributed by atoms with Crippen molar-refractivity contribution in [1.82, 2.24) is 9.38 Å². The van der Waals surface area contributed by atoms with Crippen LogP contribution in [-0.4, -0.2) is 9.38 Å². The van der Waals surface area contributed by atoms with Gasteiger partial charge in [0.1, 0.15) is 0 Å². The van der Waals surface area contributed by atoms with Crippen LogP contribution in [0.5, 0.6) is 0 Å². The maximum Gasteiger partial charge on any atom is 0.0702 e. The standard InChI is InChI=1S/C35H20N2S/c1-2-9-21(10-3-1)23-12-8-15-31-32(23)27-20-26-25-19-22(28-13-6-7-18-36-28)16-17-30(25)37-29-14-5-4-11-24(29)33(34(26)37)35(27)38-31/h1-20H. The zero-order chi connectivity index (χ0) is 24.8. The molecule has 176 valence electrons. The van der Waals surface area contributed by atoms with Gasteiger partial charge in [0, 0.05) is 53.5 Å². The molecule has 0 saturated carbocycles. The smallest absolute Gasteiger partial charge is 0.0702 e. The third-order valence-electron chi connectivity index (χ3n) is 7.97. The summed E-state index contributed by atoms with van der Waals surface area (Å²) in [5.74, 6) is 0. The maximum absolute atomic E-state index is 4.63. The summed E-state index contributed by atoms with van der Waals surface area (Å²) in [4.78, 5) is 4.63. The first-order chi connectivity index (χ1) is 18.9. The quantitative estimate of drug-likeness (QED) is 0.231. The highest BCUT2D eigenvalue weighted by Gasteiger charge is 2.23. The minimum absolute atomic E-state index is 1.00. The van der Waals surface area contributed by atoms with E-state index in [1.807, 2.05) is 23.6 Å². The van der Waals surface area contributed by atoms with Crippen LogP contribution in [0.15, 0.2) is 121 Å². The molecule has 9 aromatic rings. The van der Waals surface area contributed by atoms with Gasteiger partial charge in [0.05, 0.1) is 22.2 Å². The summed E-state index contributed by atoms with van der Waals surface area (Å²) in [5.41, 5.74) is 8.53. The van der Waals surface area contributed by atoms with Crippen molar-refractivity contribution in [2.45, 2.75) is 0 Å². The first-order valence-electron chi connectivity index (χ1n) is 12.9. The largest absolute Gasteiger partial charge is 0.308 e. The lowest BCUT2D eigenvalue weighted by atomic mass is 9.97. The highest BCUT2D eigenvalue weighted by Crippen LogP contribution is 2.49. The Morgan fingerprint density at radius 1 is 0.553 bits per heavy atom. The predicted octanol–water partition coefficient (Wildman–Crippen LogP) is 9.93. The second kappa shape index (κ2) is 7.41. The molecule has 0 fully saturated rings. The van der Waals surface area contributed by atoms with Crippen molar-refractivity contribution in [3.63, 3.8) is 0 Å². The van der Waals surface area contributed by atoms with Gasteiger partial charge in [0.2, 0.25) is 0 Å². The summed E-state index contributed by atoms with van der Waals surface area (Å²) in [6.45, 7) is 0. The van der Waals surface area contributed by atoms with E-state index in [1.165, 1.54) is 69.4 Å². The van der Waals surface area contributed by atoms with Crippen LogP contribution in [0.25, 0.3) is 80.7 Å². The summed E-state index contributed by atoms with van der Waals surface area (Å²) in [7, 11) is 0. The zero-order valence-electron chi connectivity index (χ0n) is 20.3. The van der Waals surface area contributed by atoms with E-state index < -0.39 is 0 Å². The van der Waals surface area contributed by atoms with Gasteiger partial charge in [-0.15, -0.1) is 11.3 Å². The molecular weight excluding hydrogens is 480 g/mol. The Morgan fingerprint density at radius 3 is 2.29 bits per heavy atom. The van der Waals surface area contributed by atoms with Gasteiger partial charge in [0.15, 0.2) is 0 Å². The van der Waals surface area contributed by atoms with Crippen LogP contribution < -0.4 is 0 Å². The van der Waals surface area contributed by atoms with Crippen molar-refractivity contribution in [2.24, 2.45) is 0 Å². The number of rotatable bonds is 2. The monoisotopic (exact) mass is 500 g/mol. The van der Waals surface area contributed by atoms with Crippen LogP contribution in [0.1, 0.15) is 0 Å². The van der Waals surface area contributed by atoms with Crippen LogP contribution in [0.3, 0.4) is 0 Å². The first kappa shape index (κ1) is 20.3. The van der Waals surface area contributed by atoms with E-state index in [0.29, 0.717) is 0 Å². The first-order valence-corrected chi connectivity index (χ1v) is 13.7. The van der Waals surface area contributed by atoms with Crippen LogP contribution in [0.2, 0.25) is 0 Å². The van der Waals surface area contributed by atoms with Crippen LogP contribution in [0, 0.1) is 0 Å². The number of fused-ring (bicyclic) bond motifs is 10. The van der Waals surface area contributed by atoms with Gasteiger partial charge in [-0.3, -0.25) is 4.98 Å². The van der Waals surface area contributed by atoms with Crippen molar-refractivity contribution in [3.05, 3.63) is 121 Å². The van der Waals surface area contributed by atoms with E-state index in [-0.39, 0.29) is 0 Å². The van der Waals surface area contributed by atoms with Gasteiger partial charge in [-0.05, 0) is 53.6 Å². The summed E-state index contributed by atoms with van der Waals surface area (Å²) in [5, 5.41) is 7.95. The van der Waals surface area contributed by atoms with E-state index in [0.717, 1.165) is 11.3 Å². The average Bonchev–Trinajstić information content (AvgIpc) is 3.63. The van der Waals surface area contributed by atoms with Gasteiger partial charge in [-0.1, -0.05) is 72.8 Å². The molecule has 0 aliphatic carbocycles. The molecule has 38 heavy (non-hydrogen) atoms. The van der Waals surface area contributed by atoms with Gasteiger partial charge in [0.25, 0.3) is 0 Å². The van der Waals surface area contributed by atoms with Crippen molar-refractivity contribution in [3.8, 4) is 22.4 Å². The fourth-order valence-corrected chi connectivity index (χ4v) is 7.65. The molecule has 0 spiro atoms. The van der Waals surface area contributed by atoms with E-state index in [2.05, 4.69) is 119 Å². The van der Waals surface area contributed by atoms with E-state index in [4.69, 9.17) is 0 Å². The topological polar surface area (TPSA) is 17.3 Å². The normalized spacial score (nSPS) is 12.2. The van der Waals surface area contributed by atoms with Crippen LogP contribution in [-0.2, 0) is 0 Å². The molecule has 0 bridgehead atoms. The lowest BCUT2D eigenvalue weighted by molar-refractivity contribution is 1.33. The molecule has 3 heteroatoms. The summed E-state index contributed by atoms with van der Waals surface area (Å²) >= 11 is 1.92. The molecule has 0 atom stereocenters. The van der Waals surface area contributed by atoms with Crippen molar-refractivity contribution < 1.29 is 0 Å². The molecule has 4 heterocycles. The highest BCUT2D eigenvalue weighted by atomic mass is 32.1. The number of pyridine rings is 1. The van der Waals surface area contributed by atoms with Crippen molar-refractivity contribution in [2.75, 3.05) is 0 Å². The molecule has 0 amide bonds. The van der Waals surface area contributed by atoms with Gasteiger partial charge in [-0.25, -0.2) is 0 Å². The van der Waals surface area contributed by atoms with Gasteiger partial charge in [-0.2, -0.15) is 0 Å². The summed E-state index contributed by atoms with van der Waals surface area (Å²) in [6.07, 6.45) is 1.87. The van der Waals surface area contributed by atoms with Crippen molar-refractivity contribution in [1.29, 1.82) is 0 Å². The lowest BCUT2D eigenvalue weighted by Gasteiger charge is -2.05. The number of hydrogen-bond acceptors (Lipinski definition) is 2. The average molecular weight is 501 g/mol. The fourth-order valence-electron chi connectivity index (χ4n) is 6.39. The molecule has 2 nitrogen and oxygen atoms in total. The molecule has 0 unspecified atom stereocenters. The number of hydrogen-bond donors (Lipinski definition) is 0. The Hall–Kier alpha value is -4.73. The van der Waals surface area contributed by atoms with E-state index in [1.54, 1.807) is 0 Å². The maximum atomic E-state index is 4.63. The predicted molar refractivity (Wildman–Crippen MR) is 163 cm³/mol. The SMILES string of the molecule is c1ccc(-c2cccc3sc4c(cc5c6cc(-c7ccccn7)ccc6n6c7ccccc7c4c56)c23)cc1. The van der Waals surface area contributed by atoms with Crippen LogP contribution >= 0.6 is 11.3 Å². The Kier molecular flexibility index (Phi) is 3.96. The Bertz CT molecular complexity index is 2330. The molecule has 5 aromatic carbocycles. The third kappa shape index (κ3) is 2.59. The van der Waals surface area contributed by atoms with Crippen molar-refractivity contribution >= 4 is 69.6 Å². The zero-order valence-corrected chi connectivity index (χ0v) is 21.2. The summed E-state index contributed by atoms with van der Waals surface area (Å²) in [6, 6.07) is 41.8. The Morgan fingerprint density at radius 2 is 1.39 bits per heavy atom.